The molecule has 1 atom stereocenters. The average Bonchev–Trinajstić information content (AvgIpc) is 1.80. The number of hydrogen-bond acceptors (Lipinski definition) is 1. The van der Waals surface area contributed by atoms with Crippen molar-refractivity contribution in [3.05, 3.63) is 0 Å². The third-order valence-electron chi connectivity index (χ3n) is 1.37. The molecule has 0 saturated carbocycles. The topological polar surface area (TPSA) is 23.1 Å². The van der Waals surface area contributed by atoms with Crippen molar-refractivity contribution < 1.29 is 4.55 Å². The van der Waals surface area contributed by atoms with Gasteiger partial charge in [0.05, 0.1) is 0 Å². The monoisotopic (exact) mass is 162 g/mol. The van der Waals surface area contributed by atoms with Gasteiger partial charge < -0.3 is 4.55 Å². The van der Waals surface area contributed by atoms with Gasteiger partial charge in [0.2, 0.25) is 0 Å². The number of unbranched alkanes of at least 4 members (excludes halogenated alkanes) is 1. The van der Waals surface area contributed by atoms with Crippen molar-refractivity contribution in [1.29, 1.82) is 0 Å². The van der Waals surface area contributed by atoms with Gasteiger partial charge in [-0.05, 0) is 38.4 Å². The summed E-state index contributed by atoms with van der Waals surface area (Å²) in [5, 5.41) is 0. The first-order valence-corrected chi connectivity index (χ1v) is 5.19. The summed E-state index contributed by atoms with van der Waals surface area (Å²) in [6, 6.07) is 0. The Kier molecular flexibility index (Phi) is 4.37. The van der Waals surface area contributed by atoms with Gasteiger partial charge in [-0.1, -0.05) is 13.3 Å². The summed E-state index contributed by atoms with van der Waals surface area (Å²) in [4.78, 5) is 0. The van der Waals surface area contributed by atoms with Crippen LogP contribution in [0, 0.1) is 0 Å². The zero-order chi connectivity index (χ0) is 8.20. The summed E-state index contributed by atoms with van der Waals surface area (Å²) in [6.45, 7) is 8.20. The number of rotatable bonds is 3. The van der Waals surface area contributed by atoms with Gasteiger partial charge >= 0.3 is 0 Å². The Hall–Kier alpha value is 0.310. The van der Waals surface area contributed by atoms with Crippen LogP contribution < -0.4 is 0 Å². The van der Waals surface area contributed by atoms with Gasteiger partial charge in [-0.25, -0.2) is 0 Å². The summed E-state index contributed by atoms with van der Waals surface area (Å²) >= 11 is -0.637. The lowest BCUT2D eigenvalue weighted by atomic mass is 10.3. The maximum absolute atomic E-state index is 11.3. The van der Waals surface area contributed by atoms with Crippen molar-refractivity contribution in [2.24, 2.45) is 0 Å². The fourth-order valence-corrected chi connectivity index (χ4v) is 1.74. The van der Waals surface area contributed by atoms with E-state index in [4.69, 9.17) is 0 Å². The van der Waals surface area contributed by atoms with Crippen LogP contribution in [0.2, 0.25) is 0 Å². The van der Waals surface area contributed by atoms with E-state index in [9.17, 15) is 4.55 Å². The summed E-state index contributed by atoms with van der Waals surface area (Å²) in [7, 11) is 0. The molecule has 10 heavy (non-hydrogen) atoms. The second kappa shape index (κ2) is 4.24. The predicted molar refractivity (Wildman–Crippen MR) is 47.7 cm³/mol. The van der Waals surface area contributed by atoms with E-state index in [1.165, 1.54) is 0 Å². The van der Waals surface area contributed by atoms with E-state index in [1.54, 1.807) is 0 Å². The minimum absolute atomic E-state index is 0.0187. The highest BCUT2D eigenvalue weighted by Gasteiger charge is 2.24. The van der Waals surface area contributed by atoms with Crippen LogP contribution in [0.5, 0.6) is 0 Å². The lowest BCUT2D eigenvalue weighted by Gasteiger charge is -2.24. The van der Waals surface area contributed by atoms with Crippen LogP contribution in [0.1, 0.15) is 40.5 Å². The van der Waals surface area contributed by atoms with E-state index in [0.717, 1.165) is 18.6 Å². The van der Waals surface area contributed by atoms with E-state index < -0.39 is 11.2 Å². The molecule has 62 valence electrons. The Labute approximate surface area is 67.4 Å². The van der Waals surface area contributed by atoms with Gasteiger partial charge in [-0.3, -0.25) is 0 Å². The molecular weight excluding hydrogens is 144 g/mol. The van der Waals surface area contributed by atoms with Crippen LogP contribution in [0.15, 0.2) is 0 Å². The Bertz CT molecular complexity index is 85.7. The van der Waals surface area contributed by atoms with Gasteiger partial charge in [0.1, 0.15) is 10.5 Å². The molecule has 0 aromatic heterocycles. The zero-order valence-electron chi connectivity index (χ0n) is 7.44. The molecule has 0 aliphatic carbocycles. The molecule has 0 radical (unpaired) electrons. The van der Waals surface area contributed by atoms with Gasteiger partial charge in [0, 0.05) is 0 Å². The van der Waals surface area contributed by atoms with Crippen molar-refractivity contribution in [3.8, 4) is 0 Å². The first kappa shape index (κ1) is 10.3. The molecular formula is C8H18OS. The van der Waals surface area contributed by atoms with Crippen molar-refractivity contribution in [1.82, 2.24) is 0 Å². The molecule has 0 bridgehead atoms. The first-order valence-electron chi connectivity index (χ1n) is 3.87. The summed E-state index contributed by atoms with van der Waals surface area (Å²) in [6.07, 6.45) is 2.23. The molecule has 0 saturated heterocycles. The average molecular weight is 162 g/mol. The third-order valence-corrected chi connectivity index (χ3v) is 3.39. The third kappa shape index (κ3) is 4.18. The Balaban J connectivity index is 3.52. The molecule has 0 aromatic carbocycles. The largest absolute Gasteiger partial charge is 0.616 e. The molecule has 0 fully saturated rings. The molecule has 1 unspecified atom stereocenters. The van der Waals surface area contributed by atoms with E-state index >= 15 is 0 Å². The first-order chi connectivity index (χ1) is 4.48. The summed E-state index contributed by atoms with van der Waals surface area (Å²) < 4.78 is 11.3. The van der Waals surface area contributed by atoms with Gasteiger partial charge in [0.15, 0.2) is 0 Å². The van der Waals surface area contributed by atoms with Crippen LogP contribution in [-0.2, 0) is 11.2 Å². The zero-order valence-corrected chi connectivity index (χ0v) is 8.25. The van der Waals surface area contributed by atoms with Crippen LogP contribution >= 0.6 is 0 Å². The molecule has 0 aromatic rings. The van der Waals surface area contributed by atoms with Crippen LogP contribution in [0.25, 0.3) is 0 Å². The smallest absolute Gasteiger partial charge is 0.117 e. The van der Waals surface area contributed by atoms with Crippen molar-refractivity contribution in [2.75, 3.05) is 5.75 Å². The SMILES string of the molecule is CCCC[S+]([O-])C(C)(C)C. The standard InChI is InChI=1S/C8H18OS/c1-5-6-7-10(9)8(2,3)4/h5-7H2,1-4H3. The van der Waals surface area contributed by atoms with Gasteiger partial charge in [0.25, 0.3) is 0 Å². The highest BCUT2D eigenvalue weighted by molar-refractivity contribution is 7.92. The minimum Gasteiger partial charge on any atom is -0.616 e. The van der Waals surface area contributed by atoms with Crippen molar-refractivity contribution in [3.63, 3.8) is 0 Å². The highest BCUT2D eigenvalue weighted by Crippen LogP contribution is 2.16. The molecule has 1 nitrogen and oxygen atoms in total. The van der Waals surface area contributed by atoms with E-state index in [2.05, 4.69) is 6.92 Å². The van der Waals surface area contributed by atoms with Crippen LogP contribution in [-0.4, -0.2) is 15.1 Å². The maximum Gasteiger partial charge on any atom is 0.117 e. The van der Waals surface area contributed by atoms with Crippen LogP contribution in [0.4, 0.5) is 0 Å². The molecule has 2 heteroatoms. The minimum atomic E-state index is -0.637. The van der Waals surface area contributed by atoms with E-state index in [0.29, 0.717) is 0 Å². The molecule has 0 heterocycles. The van der Waals surface area contributed by atoms with Crippen molar-refractivity contribution >= 4 is 11.2 Å². The molecule has 0 amide bonds. The quantitative estimate of drug-likeness (QED) is 0.584. The molecule has 0 aliphatic heterocycles. The van der Waals surface area contributed by atoms with Gasteiger partial charge in [-0.15, -0.1) is 0 Å². The fourth-order valence-electron chi connectivity index (χ4n) is 0.582. The molecule has 0 spiro atoms. The lowest BCUT2D eigenvalue weighted by molar-refractivity contribution is 0.556. The lowest BCUT2D eigenvalue weighted by Crippen LogP contribution is -2.30. The highest BCUT2D eigenvalue weighted by atomic mass is 32.2. The fraction of sp³-hybridized carbons (Fsp3) is 1.00. The number of hydrogen-bond donors (Lipinski definition) is 0. The predicted octanol–water partition coefficient (Wildman–Crippen LogP) is 2.33. The van der Waals surface area contributed by atoms with Gasteiger partial charge in [-0.2, -0.15) is 0 Å². The maximum atomic E-state index is 11.3. The Morgan fingerprint density at radius 3 is 2.10 bits per heavy atom. The van der Waals surface area contributed by atoms with E-state index in [-0.39, 0.29) is 4.75 Å². The second-order valence-corrected chi connectivity index (χ2v) is 5.84. The molecule has 0 N–H and O–H groups in total. The Morgan fingerprint density at radius 1 is 1.30 bits per heavy atom. The molecule has 0 aliphatic rings. The Morgan fingerprint density at radius 2 is 1.80 bits per heavy atom. The van der Waals surface area contributed by atoms with E-state index in [1.807, 2.05) is 20.8 Å². The van der Waals surface area contributed by atoms with Crippen molar-refractivity contribution in [2.45, 2.75) is 45.3 Å². The second-order valence-electron chi connectivity index (χ2n) is 3.52. The van der Waals surface area contributed by atoms with Crippen LogP contribution in [0.3, 0.4) is 0 Å². The summed E-state index contributed by atoms with van der Waals surface area (Å²) in [5.41, 5.74) is 0. The molecule has 0 rings (SSSR count). The summed E-state index contributed by atoms with van der Waals surface area (Å²) in [5.74, 6) is 0.861. The normalized spacial score (nSPS) is 15.3.